The van der Waals surface area contributed by atoms with E-state index in [-0.39, 0.29) is 5.92 Å². The Morgan fingerprint density at radius 3 is 2.58 bits per heavy atom. The fourth-order valence-electron chi connectivity index (χ4n) is 1.68. The number of hydrogen-bond acceptors (Lipinski definition) is 1. The molecule has 1 heterocycles. The average molecular weight is 177 g/mol. The molecule has 0 radical (unpaired) electrons. The van der Waals surface area contributed by atoms with Crippen LogP contribution in [0.15, 0.2) is 0 Å². The molecule has 0 aromatic heterocycles. The molecule has 0 bridgehead atoms. The molecule has 0 aromatic rings. The maximum Gasteiger partial charge on any atom is 0.242 e. The number of likely N-dealkylation sites (tertiary alicyclic amines) is 1. The van der Waals surface area contributed by atoms with Gasteiger partial charge in [-0.1, -0.05) is 6.92 Å². The highest BCUT2D eigenvalue weighted by atomic mass is 19.3. The van der Waals surface area contributed by atoms with E-state index in [4.69, 9.17) is 0 Å². The van der Waals surface area contributed by atoms with Gasteiger partial charge in [-0.3, -0.25) is 0 Å². The van der Waals surface area contributed by atoms with Crippen molar-refractivity contribution in [3.8, 4) is 0 Å². The Kier molecular flexibility index (Phi) is 3.44. The first-order chi connectivity index (χ1) is 5.65. The minimum absolute atomic E-state index is 0.376. The van der Waals surface area contributed by atoms with Gasteiger partial charge >= 0.3 is 0 Å². The summed E-state index contributed by atoms with van der Waals surface area (Å²) in [5.41, 5.74) is 0. The minimum atomic E-state index is -2.13. The Labute approximate surface area is 72.7 Å². The van der Waals surface area contributed by atoms with E-state index in [1.165, 1.54) is 0 Å². The van der Waals surface area contributed by atoms with E-state index in [9.17, 15) is 8.78 Å². The molecular weight excluding hydrogens is 160 g/mol. The first-order valence-electron chi connectivity index (χ1n) is 4.67. The number of rotatable bonds is 3. The third-order valence-corrected chi connectivity index (χ3v) is 2.83. The first-order valence-corrected chi connectivity index (χ1v) is 4.67. The number of hydrogen-bond donors (Lipinski definition) is 0. The Morgan fingerprint density at radius 2 is 2.17 bits per heavy atom. The maximum absolute atomic E-state index is 12.3. The largest absolute Gasteiger partial charge is 0.300 e. The van der Waals surface area contributed by atoms with Crippen LogP contribution in [-0.4, -0.2) is 30.5 Å². The zero-order valence-corrected chi connectivity index (χ0v) is 7.76. The lowest BCUT2D eigenvalue weighted by Gasteiger charge is -2.22. The van der Waals surface area contributed by atoms with E-state index in [0.717, 1.165) is 13.0 Å². The van der Waals surface area contributed by atoms with Crippen LogP contribution in [-0.2, 0) is 0 Å². The van der Waals surface area contributed by atoms with E-state index in [2.05, 4.69) is 18.7 Å². The van der Waals surface area contributed by atoms with Crippen molar-refractivity contribution in [1.82, 2.24) is 4.90 Å². The number of halogens is 2. The van der Waals surface area contributed by atoms with Crippen LogP contribution in [0.1, 0.15) is 26.7 Å². The molecule has 2 atom stereocenters. The summed E-state index contributed by atoms with van der Waals surface area (Å²) >= 11 is 0. The Balaban J connectivity index is 2.35. The second kappa shape index (κ2) is 4.17. The summed E-state index contributed by atoms with van der Waals surface area (Å²) in [6.45, 7) is 5.64. The Bertz CT molecular complexity index is 138. The van der Waals surface area contributed by atoms with Gasteiger partial charge in [-0.05, 0) is 26.3 Å². The zero-order valence-electron chi connectivity index (χ0n) is 7.76. The van der Waals surface area contributed by atoms with Crippen molar-refractivity contribution in [1.29, 1.82) is 0 Å². The van der Waals surface area contributed by atoms with E-state index < -0.39 is 6.43 Å². The van der Waals surface area contributed by atoms with Gasteiger partial charge in [-0.15, -0.1) is 0 Å². The van der Waals surface area contributed by atoms with E-state index >= 15 is 0 Å². The zero-order chi connectivity index (χ0) is 9.14. The highest BCUT2D eigenvalue weighted by Crippen LogP contribution is 2.24. The van der Waals surface area contributed by atoms with Crippen LogP contribution >= 0.6 is 0 Å². The van der Waals surface area contributed by atoms with Gasteiger partial charge in [0.1, 0.15) is 0 Å². The molecule has 0 amide bonds. The van der Waals surface area contributed by atoms with Crippen LogP contribution in [0, 0.1) is 5.92 Å². The van der Waals surface area contributed by atoms with Crippen molar-refractivity contribution in [3.63, 3.8) is 0 Å². The molecule has 0 aliphatic carbocycles. The lowest BCUT2D eigenvalue weighted by molar-refractivity contribution is 0.0777. The van der Waals surface area contributed by atoms with Gasteiger partial charge < -0.3 is 4.90 Å². The van der Waals surface area contributed by atoms with Gasteiger partial charge in [0.25, 0.3) is 0 Å². The fourth-order valence-corrected chi connectivity index (χ4v) is 1.68. The third kappa shape index (κ3) is 2.16. The SMILES string of the molecule is CCC(C)N1CCC(C(F)F)C1. The molecule has 72 valence electrons. The molecule has 1 aliphatic rings. The molecule has 2 unspecified atom stereocenters. The van der Waals surface area contributed by atoms with Crippen LogP contribution in [0.4, 0.5) is 8.78 Å². The first kappa shape index (κ1) is 9.90. The molecule has 1 aliphatic heterocycles. The molecule has 1 saturated heterocycles. The smallest absolute Gasteiger partial charge is 0.242 e. The predicted molar refractivity (Wildman–Crippen MR) is 45.4 cm³/mol. The van der Waals surface area contributed by atoms with Crippen molar-refractivity contribution in [2.24, 2.45) is 5.92 Å². The van der Waals surface area contributed by atoms with Crippen LogP contribution < -0.4 is 0 Å². The van der Waals surface area contributed by atoms with Crippen LogP contribution in [0.5, 0.6) is 0 Å². The van der Waals surface area contributed by atoms with Gasteiger partial charge in [-0.25, -0.2) is 8.78 Å². The Morgan fingerprint density at radius 1 is 1.50 bits per heavy atom. The summed E-state index contributed by atoms with van der Waals surface area (Å²) in [6.07, 6.45) is -0.406. The molecule has 1 rings (SSSR count). The average Bonchev–Trinajstić information content (AvgIpc) is 2.51. The van der Waals surface area contributed by atoms with Crippen LogP contribution in [0.25, 0.3) is 0 Å². The molecular formula is C9H17F2N. The fraction of sp³-hybridized carbons (Fsp3) is 1.00. The van der Waals surface area contributed by atoms with E-state index in [0.29, 0.717) is 19.0 Å². The van der Waals surface area contributed by atoms with Gasteiger partial charge in [0.05, 0.1) is 0 Å². The summed E-state index contributed by atoms with van der Waals surface area (Å²) in [5.74, 6) is -0.376. The van der Waals surface area contributed by atoms with Crippen LogP contribution in [0.2, 0.25) is 0 Å². The molecule has 0 aromatic carbocycles. The van der Waals surface area contributed by atoms with E-state index in [1.807, 2.05) is 0 Å². The quantitative estimate of drug-likeness (QED) is 0.639. The summed E-state index contributed by atoms with van der Waals surface area (Å²) in [5, 5.41) is 0. The van der Waals surface area contributed by atoms with Crippen molar-refractivity contribution in [3.05, 3.63) is 0 Å². The van der Waals surface area contributed by atoms with Crippen molar-refractivity contribution >= 4 is 0 Å². The van der Waals surface area contributed by atoms with Crippen molar-refractivity contribution in [2.45, 2.75) is 39.2 Å². The summed E-state index contributed by atoms with van der Waals surface area (Å²) < 4.78 is 24.5. The molecule has 1 nitrogen and oxygen atoms in total. The standard InChI is InChI=1S/C9H17F2N/c1-3-7(2)12-5-4-8(6-12)9(10)11/h7-9H,3-6H2,1-2H3. The summed E-state index contributed by atoms with van der Waals surface area (Å²) in [6, 6.07) is 0.466. The Hall–Kier alpha value is -0.180. The monoisotopic (exact) mass is 177 g/mol. The van der Waals surface area contributed by atoms with Crippen LogP contribution in [0.3, 0.4) is 0 Å². The maximum atomic E-state index is 12.3. The van der Waals surface area contributed by atoms with Gasteiger partial charge in [0, 0.05) is 18.5 Å². The van der Waals surface area contributed by atoms with Gasteiger partial charge in [0.15, 0.2) is 0 Å². The molecule has 1 fully saturated rings. The second-order valence-electron chi connectivity index (χ2n) is 3.64. The topological polar surface area (TPSA) is 3.24 Å². The number of alkyl halides is 2. The summed E-state index contributed by atoms with van der Waals surface area (Å²) in [4.78, 5) is 2.16. The van der Waals surface area contributed by atoms with Crippen molar-refractivity contribution in [2.75, 3.05) is 13.1 Å². The highest BCUT2D eigenvalue weighted by Gasteiger charge is 2.30. The molecule has 12 heavy (non-hydrogen) atoms. The summed E-state index contributed by atoms with van der Waals surface area (Å²) in [7, 11) is 0. The second-order valence-corrected chi connectivity index (χ2v) is 3.64. The molecule has 0 spiro atoms. The lowest BCUT2D eigenvalue weighted by Crippen LogP contribution is -2.31. The van der Waals surface area contributed by atoms with Gasteiger partial charge in [-0.2, -0.15) is 0 Å². The normalized spacial score (nSPS) is 28.2. The lowest BCUT2D eigenvalue weighted by atomic mass is 10.1. The molecule has 3 heteroatoms. The van der Waals surface area contributed by atoms with Gasteiger partial charge in [0.2, 0.25) is 6.43 Å². The van der Waals surface area contributed by atoms with Crippen molar-refractivity contribution < 1.29 is 8.78 Å². The molecule has 0 N–H and O–H groups in total. The highest BCUT2D eigenvalue weighted by molar-refractivity contribution is 4.79. The molecule has 0 saturated carbocycles. The minimum Gasteiger partial charge on any atom is -0.300 e. The third-order valence-electron chi connectivity index (χ3n) is 2.83. The number of nitrogens with zero attached hydrogens (tertiary/aromatic N) is 1. The van der Waals surface area contributed by atoms with E-state index in [1.54, 1.807) is 0 Å². The predicted octanol–water partition coefficient (Wildman–Crippen LogP) is 2.37.